The van der Waals surface area contributed by atoms with E-state index in [0.717, 1.165) is 18.5 Å². The van der Waals surface area contributed by atoms with Crippen LogP contribution in [0.4, 0.5) is 0 Å². The average Bonchev–Trinajstić information content (AvgIpc) is 2.21. The number of carboxylic acids is 1. The van der Waals surface area contributed by atoms with Crippen LogP contribution in [0.2, 0.25) is 0 Å². The van der Waals surface area contributed by atoms with Crippen LogP contribution in [0.25, 0.3) is 0 Å². The first kappa shape index (κ1) is 11.5. The van der Waals surface area contributed by atoms with Gasteiger partial charge in [-0.2, -0.15) is 0 Å². The Morgan fingerprint density at radius 2 is 2.27 bits per heavy atom. The summed E-state index contributed by atoms with van der Waals surface area (Å²) in [5.74, 6) is -0.636. The summed E-state index contributed by atoms with van der Waals surface area (Å²) < 4.78 is 5.19. The molecule has 0 aromatic carbocycles. The molecule has 1 N–H and O–H groups in total. The second kappa shape index (κ2) is 5.34. The van der Waals surface area contributed by atoms with Crippen molar-refractivity contribution in [3.05, 3.63) is 23.5 Å². The molecule has 1 aromatic heterocycles. The van der Waals surface area contributed by atoms with Crippen LogP contribution in [0, 0.1) is 0 Å². The van der Waals surface area contributed by atoms with Gasteiger partial charge in [0.1, 0.15) is 5.56 Å². The van der Waals surface area contributed by atoms with E-state index < -0.39 is 5.97 Å². The van der Waals surface area contributed by atoms with Crippen molar-refractivity contribution < 1.29 is 14.6 Å². The Hall–Kier alpha value is -1.58. The Labute approximate surface area is 88.9 Å². The lowest BCUT2D eigenvalue weighted by Gasteiger charge is -2.07. The Bertz CT molecular complexity index is 350. The third-order valence-electron chi connectivity index (χ3n) is 1.96. The first-order valence-electron chi connectivity index (χ1n) is 5.04. The highest BCUT2D eigenvalue weighted by Gasteiger charge is 2.12. The zero-order chi connectivity index (χ0) is 11.3. The lowest BCUT2D eigenvalue weighted by atomic mass is 10.1. The minimum Gasteiger partial charge on any atom is -0.491 e. The quantitative estimate of drug-likeness (QED) is 0.807. The van der Waals surface area contributed by atoms with Crippen LogP contribution >= 0.6 is 0 Å². The molecular weight excluding hydrogens is 194 g/mol. The summed E-state index contributed by atoms with van der Waals surface area (Å²) in [5, 5.41) is 8.98. The summed E-state index contributed by atoms with van der Waals surface area (Å²) >= 11 is 0. The zero-order valence-electron chi connectivity index (χ0n) is 8.99. The fourth-order valence-corrected chi connectivity index (χ4v) is 1.32. The fourth-order valence-electron chi connectivity index (χ4n) is 1.32. The molecule has 15 heavy (non-hydrogen) atoms. The molecule has 0 atom stereocenters. The van der Waals surface area contributed by atoms with Crippen molar-refractivity contribution in [3.8, 4) is 5.75 Å². The molecule has 1 aromatic rings. The number of aromatic carboxylic acids is 1. The van der Waals surface area contributed by atoms with Gasteiger partial charge in [-0.25, -0.2) is 4.79 Å². The molecule has 4 nitrogen and oxygen atoms in total. The molecule has 4 heteroatoms. The van der Waals surface area contributed by atoms with Crippen molar-refractivity contribution in [2.45, 2.75) is 26.7 Å². The van der Waals surface area contributed by atoms with E-state index in [1.54, 1.807) is 6.07 Å². The number of hydrogen-bond donors (Lipinski definition) is 1. The van der Waals surface area contributed by atoms with Gasteiger partial charge in [0.15, 0.2) is 5.75 Å². The van der Waals surface area contributed by atoms with E-state index in [4.69, 9.17) is 9.84 Å². The average molecular weight is 209 g/mol. The Morgan fingerprint density at radius 3 is 2.80 bits per heavy atom. The number of nitrogens with zero attached hydrogens (tertiary/aromatic N) is 1. The summed E-state index contributed by atoms with van der Waals surface area (Å²) in [7, 11) is 0. The first-order chi connectivity index (χ1) is 7.19. The van der Waals surface area contributed by atoms with E-state index in [0.29, 0.717) is 12.4 Å². The minimum absolute atomic E-state index is 0.190. The Balaban J connectivity index is 3.03. The van der Waals surface area contributed by atoms with Gasteiger partial charge < -0.3 is 9.84 Å². The van der Waals surface area contributed by atoms with E-state index in [-0.39, 0.29) is 5.56 Å². The maximum atomic E-state index is 10.9. The predicted molar refractivity (Wildman–Crippen MR) is 56.4 cm³/mol. The fraction of sp³-hybridized carbons (Fsp3) is 0.455. The number of aromatic nitrogens is 1. The Morgan fingerprint density at radius 1 is 1.53 bits per heavy atom. The molecule has 0 bridgehead atoms. The molecule has 1 heterocycles. The van der Waals surface area contributed by atoms with Crippen molar-refractivity contribution in [3.63, 3.8) is 0 Å². The van der Waals surface area contributed by atoms with Gasteiger partial charge in [0.25, 0.3) is 0 Å². The van der Waals surface area contributed by atoms with Gasteiger partial charge >= 0.3 is 5.97 Å². The maximum absolute atomic E-state index is 10.9. The largest absolute Gasteiger partial charge is 0.491 e. The third kappa shape index (κ3) is 2.94. The molecule has 0 amide bonds. The number of hydrogen-bond acceptors (Lipinski definition) is 3. The second-order valence-electron chi connectivity index (χ2n) is 3.16. The lowest BCUT2D eigenvalue weighted by molar-refractivity contribution is 0.0692. The molecular formula is C11H15NO3. The van der Waals surface area contributed by atoms with Crippen LogP contribution in [0.1, 0.15) is 36.3 Å². The number of ether oxygens (including phenoxy) is 1. The van der Waals surface area contributed by atoms with Crippen LogP contribution in [-0.4, -0.2) is 22.7 Å². The van der Waals surface area contributed by atoms with Gasteiger partial charge in [0.2, 0.25) is 0 Å². The maximum Gasteiger partial charge on any atom is 0.339 e. The second-order valence-corrected chi connectivity index (χ2v) is 3.16. The van der Waals surface area contributed by atoms with Crippen LogP contribution in [0.15, 0.2) is 12.3 Å². The topological polar surface area (TPSA) is 59.4 Å². The highest BCUT2D eigenvalue weighted by Crippen LogP contribution is 2.18. The van der Waals surface area contributed by atoms with E-state index in [9.17, 15) is 4.79 Å². The van der Waals surface area contributed by atoms with Crippen LogP contribution < -0.4 is 4.74 Å². The van der Waals surface area contributed by atoms with Crippen molar-refractivity contribution in [2.24, 2.45) is 0 Å². The standard InChI is InChI=1S/C11H15NO3/c1-3-5-8-6-9(11(13)14)10(7-12-8)15-4-2/h6-7H,3-5H2,1-2H3,(H,13,14). The van der Waals surface area contributed by atoms with E-state index in [1.807, 2.05) is 13.8 Å². The Kier molecular flexibility index (Phi) is 4.09. The summed E-state index contributed by atoms with van der Waals surface area (Å²) in [6.45, 7) is 4.28. The molecule has 0 aliphatic heterocycles. The number of carboxylic acid groups (broad SMARTS) is 1. The molecule has 0 saturated heterocycles. The minimum atomic E-state index is -0.974. The van der Waals surface area contributed by atoms with Gasteiger partial charge in [0.05, 0.1) is 12.8 Å². The zero-order valence-corrected chi connectivity index (χ0v) is 8.99. The summed E-state index contributed by atoms with van der Waals surface area (Å²) in [4.78, 5) is 15.1. The molecule has 82 valence electrons. The predicted octanol–water partition coefficient (Wildman–Crippen LogP) is 2.13. The molecule has 0 aliphatic carbocycles. The first-order valence-corrected chi connectivity index (χ1v) is 5.04. The lowest BCUT2D eigenvalue weighted by Crippen LogP contribution is -2.05. The van der Waals surface area contributed by atoms with E-state index in [1.165, 1.54) is 6.20 Å². The van der Waals surface area contributed by atoms with Gasteiger partial charge in [-0.15, -0.1) is 0 Å². The molecule has 0 aliphatic rings. The molecule has 1 rings (SSSR count). The van der Waals surface area contributed by atoms with Crippen LogP contribution in [-0.2, 0) is 6.42 Å². The molecule has 0 saturated carbocycles. The molecule has 0 unspecified atom stereocenters. The van der Waals surface area contributed by atoms with E-state index in [2.05, 4.69) is 4.98 Å². The van der Waals surface area contributed by atoms with Gasteiger partial charge in [0, 0.05) is 5.69 Å². The number of carbonyl (C=O) groups is 1. The molecule has 0 fully saturated rings. The molecule has 0 radical (unpaired) electrons. The van der Waals surface area contributed by atoms with Crippen molar-refractivity contribution in [1.29, 1.82) is 0 Å². The van der Waals surface area contributed by atoms with Gasteiger partial charge in [-0.1, -0.05) is 13.3 Å². The monoisotopic (exact) mass is 209 g/mol. The van der Waals surface area contributed by atoms with Crippen molar-refractivity contribution in [1.82, 2.24) is 4.98 Å². The SMILES string of the molecule is CCCc1cc(C(=O)O)c(OCC)cn1. The van der Waals surface area contributed by atoms with E-state index >= 15 is 0 Å². The summed E-state index contributed by atoms with van der Waals surface area (Å²) in [6.07, 6.45) is 3.21. The smallest absolute Gasteiger partial charge is 0.339 e. The van der Waals surface area contributed by atoms with Crippen molar-refractivity contribution >= 4 is 5.97 Å². The third-order valence-corrected chi connectivity index (χ3v) is 1.96. The highest BCUT2D eigenvalue weighted by molar-refractivity contribution is 5.90. The molecule has 0 spiro atoms. The highest BCUT2D eigenvalue weighted by atomic mass is 16.5. The van der Waals surface area contributed by atoms with Crippen LogP contribution in [0.5, 0.6) is 5.75 Å². The van der Waals surface area contributed by atoms with Crippen LogP contribution in [0.3, 0.4) is 0 Å². The van der Waals surface area contributed by atoms with Crippen molar-refractivity contribution in [2.75, 3.05) is 6.61 Å². The van der Waals surface area contributed by atoms with Gasteiger partial charge in [-0.05, 0) is 19.4 Å². The van der Waals surface area contributed by atoms with Gasteiger partial charge in [-0.3, -0.25) is 4.98 Å². The summed E-state index contributed by atoms with van der Waals surface area (Å²) in [5.41, 5.74) is 0.980. The number of aryl methyl sites for hydroxylation is 1. The number of rotatable bonds is 5. The normalized spacial score (nSPS) is 10.0. The summed E-state index contributed by atoms with van der Waals surface area (Å²) in [6, 6.07) is 1.58. The number of pyridine rings is 1.